The van der Waals surface area contributed by atoms with Crippen molar-refractivity contribution in [2.45, 2.75) is 32.9 Å². The smallest absolute Gasteiger partial charge is 0.119 e. The quantitative estimate of drug-likeness (QED) is 0.694. The molecule has 0 spiro atoms. The molecule has 0 bridgehead atoms. The molecule has 3 heteroatoms. The second-order valence-electron chi connectivity index (χ2n) is 3.88. The molecule has 0 aliphatic rings. The maximum absolute atomic E-state index is 8.63. The summed E-state index contributed by atoms with van der Waals surface area (Å²) in [5.41, 5.74) is 1.20. The fraction of sp³-hybridized carbons (Fsp3) is 0.538. The topological polar surface area (TPSA) is 41.5 Å². The number of aliphatic hydroxyl groups excluding tert-OH is 1. The lowest BCUT2D eigenvalue weighted by atomic mass is 10.2. The molecule has 0 saturated carbocycles. The van der Waals surface area contributed by atoms with Gasteiger partial charge in [-0.2, -0.15) is 0 Å². The predicted molar refractivity (Wildman–Crippen MR) is 65.6 cm³/mol. The molecule has 90 valence electrons. The Morgan fingerprint density at radius 3 is 2.56 bits per heavy atom. The highest BCUT2D eigenvalue weighted by Gasteiger charge is 2.00. The summed E-state index contributed by atoms with van der Waals surface area (Å²) in [5, 5.41) is 11.8. The van der Waals surface area contributed by atoms with Crippen LogP contribution in [0.2, 0.25) is 0 Å². The summed E-state index contributed by atoms with van der Waals surface area (Å²) in [6, 6.07) is 8.06. The molecule has 1 rings (SSSR count). The first-order chi connectivity index (χ1) is 7.76. The normalized spacial score (nSPS) is 12.4. The zero-order chi connectivity index (χ0) is 11.8. The molecule has 0 saturated heterocycles. The largest absolute Gasteiger partial charge is 0.491 e. The van der Waals surface area contributed by atoms with Gasteiger partial charge in [0.05, 0.1) is 12.7 Å². The number of nitrogens with one attached hydrogen (secondary N) is 1. The third-order valence-corrected chi connectivity index (χ3v) is 2.45. The number of hydrogen-bond donors (Lipinski definition) is 2. The Balaban J connectivity index is 2.41. The molecule has 0 fully saturated rings. The van der Waals surface area contributed by atoms with Crippen LogP contribution in [-0.4, -0.2) is 24.4 Å². The van der Waals surface area contributed by atoms with Crippen LogP contribution in [-0.2, 0) is 6.54 Å². The van der Waals surface area contributed by atoms with Gasteiger partial charge in [0.2, 0.25) is 0 Å². The Labute approximate surface area is 97.4 Å². The molecule has 1 aromatic rings. The molecule has 3 nitrogen and oxygen atoms in total. The van der Waals surface area contributed by atoms with Gasteiger partial charge >= 0.3 is 0 Å². The Hall–Kier alpha value is -1.06. The molecule has 0 aromatic heterocycles. The lowest BCUT2D eigenvalue weighted by molar-refractivity contribution is 0.217. The first-order valence-electron chi connectivity index (χ1n) is 5.83. The van der Waals surface area contributed by atoms with E-state index in [0.717, 1.165) is 18.7 Å². The van der Waals surface area contributed by atoms with E-state index in [1.54, 1.807) is 0 Å². The maximum atomic E-state index is 8.63. The molecule has 0 aliphatic heterocycles. The molecule has 0 aliphatic carbocycles. The summed E-state index contributed by atoms with van der Waals surface area (Å²) in [4.78, 5) is 0. The molecular formula is C13H21NO2. The van der Waals surface area contributed by atoms with Gasteiger partial charge in [0.1, 0.15) is 5.75 Å². The van der Waals surface area contributed by atoms with Gasteiger partial charge in [0.15, 0.2) is 0 Å². The molecule has 0 radical (unpaired) electrons. The number of aliphatic hydroxyl groups is 1. The van der Waals surface area contributed by atoms with Crippen molar-refractivity contribution >= 4 is 0 Å². The highest BCUT2D eigenvalue weighted by Crippen LogP contribution is 2.14. The summed E-state index contributed by atoms with van der Waals surface area (Å²) < 4.78 is 5.68. The van der Waals surface area contributed by atoms with Crippen molar-refractivity contribution in [1.82, 2.24) is 5.32 Å². The Kier molecular flexibility index (Phi) is 5.90. The highest BCUT2D eigenvalue weighted by molar-refractivity contribution is 5.27. The zero-order valence-electron chi connectivity index (χ0n) is 10.1. The van der Waals surface area contributed by atoms with Crippen molar-refractivity contribution in [2.24, 2.45) is 0 Å². The van der Waals surface area contributed by atoms with Crippen LogP contribution in [0.3, 0.4) is 0 Å². The van der Waals surface area contributed by atoms with Crippen molar-refractivity contribution in [2.75, 3.05) is 13.2 Å². The summed E-state index contributed by atoms with van der Waals surface area (Å²) in [5.74, 6) is 0.917. The molecule has 16 heavy (non-hydrogen) atoms. The van der Waals surface area contributed by atoms with Crippen LogP contribution in [0, 0.1) is 0 Å². The van der Waals surface area contributed by atoms with E-state index in [4.69, 9.17) is 9.84 Å². The first kappa shape index (κ1) is 13.0. The van der Waals surface area contributed by atoms with E-state index in [9.17, 15) is 0 Å². The number of hydrogen-bond acceptors (Lipinski definition) is 3. The van der Waals surface area contributed by atoms with Crippen molar-refractivity contribution in [3.63, 3.8) is 0 Å². The van der Waals surface area contributed by atoms with Gasteiger partial charge in [0.25, 0.3) is 0 Å². The average molecular weight is 223 g/mol. The zero-order valence-corrected chi connectivity index (χ0v) is 10.1. The Morgan fingerprint density at radius 1 is 1.31 bits per heavy atom. The lowest BCUT2D eigenvalue weighted by Crippen LogP contribution is -2.17. The second-order valence-corrected chi connectivity index (χ2v) is 3.88. The van der Waals surface area contributed by atoms with E-state index in [1.807, 2.05) is 24.3 Å². The van der Waals surface area contributed by atoms with Crippen LogP contribution in [0.4, 0.5) is 0 Å². The van der Waals surface area contributed by atoms with Crippen LogP contribution in [0.5, 0.6) is 5.75 Å². The third-order valence-electron chi connectivity index (χ3n) is 2.45. The minimum atomic E-state index is 0.176. The van der Waals surface area contributed by atoms with Crippen molar-refractivity contribution in [1.29, 1.82) is 0 Å². The van der Waals surface area contributed by atoms with Crippen LogP contribution in [0.1, 0.15) is 25.8 Å². The first-order valence-corrected chi connectivity index (χ1v) is 5.83. The molecule has 0 heterocycles. The predicted octanol–water partition coefficient (Wildman–Crippen LogP) is 1.95. The SMILES string of the molecule is CCC(C)Oc1ccc(CNCCO)cc1. The van der Waals surface area contributed by atoms with E-state index >= 15 is 0 Å². The molecule has 0 amide bonds. The molecular weight excluding hydrogens is 202 g/mol. The van der Waals surface area contributed by atoms with Crippen LogP contribution < -0.4 is 10.1 Å². The van der Waals surface area contributed by atoms with Gasteiger partial charge in [-0.15, -0.1) is 0 Å². The summed E-state index contributed by atoms with van der Waals surface area (Å²) in [7, 11) is 0. The molecule has 2 N–H and O–H groups in total. The summed E-state index contributed by atoms with van der Waals surface area (Å²) >= 11 is 0. The fourth-order valence-corrected chi connectivity index (χ4v) is 1.31. The van der Waals surface area contributed by atoms with Crippen LogP contribution in [0.15, 0.2) is 24.3 Å². The van der Waals surface area contributed by atoms with Gasteiger partial charge in [-0.3, -0.25) is 0 Å². The minimum Gasteiger partial charge on any atom is -0.491 e. The van der Waals surface area contributed by atoms with E-state index in [0.29, 0.717) is 6.54 Å². The lowest BCUT2D eigenvalue weighted by Gasteiger charge is -2.12. The van der Waals surface area contributed by atoms with Gasteiger partial charge in [-0.1, -0.05) is 19.1 Å². The number of rotatable bonds is 7. The van der Waals surface area contributed by atoms with Gasteiger partial charge in [-0.25, -0.2) is 0 Å². The Morgan fingerprint density at radius 2 is 2.00 bits per heavy atom. The molecule has 1 aromatic carbocycles. The highest BCUT2D eigenvalue weighted by atomic mass is 16.5. The number of benzene rings is 1. The summed E-state index contributed by atoms with van der Waals surface area (Å²) in [6.45, 7) is 5.76. The maximum Gasteiger partial charge on any atom is 0.119 e. The minimum absolute atomic E-state index is 0.176. The van der Waals surface area contributed by atoms with Crippen molar-refractivity contribution in [3.05, 3.63) is 29.8 Å². The Bertz CT molecular complexity index is 284. The monoisotopic (exact) mass is 223 g/mol. The van der Waals surface area contributed by atoms with Crippen LogP contribution >= 0.6 is 0 Å². The molecule has 1 atom stereocenters. The van der Waals surface area contributed by atoms with Gasteiger partial charge in [-0.05, 0) is 31.0 Å². The standard InChI is InChI=1S/C13H21NO2/c1-3-11(2)16-13-6-4-12(5-7-13)10-14-8-9-15/h4-7,11,14-15H,3,8-10H2,1-2H3. The molecule has 1 unspecified atom stereocenters. The average Bonchev–Trinajstić information content (AvgIpc) is 2.31. The fourth-order valence-electron chi connectivity index (χ4n) is 1.31. The third kappa shape index (κ3) is 4.64. The van der Waals surface area contributed by atoms with E-state index in [1.165, 1.54) is 5.56 Å². The summed E-state index contributed by atoms with van der Waals surface area (Å²) in [6.07, 6.45) is 1.28. The van der Waals surface area contributed by atoms with Crippen molar-refractivity contribution < 1.29 is 9.84 Å². The van der Waals surface area contributed by atoms with Crippen molar-refractivity contribution in [3.8, 4) is 5.75 Å². The van der Waals surface area contributed by atoms with E-state index < -0.39 is 0 Å². The number of ether oxygens (including phenoxy) is 1. The van der Waals surface area contributed by atoms with E-state index in [-0.39, 0.29) is 12.7 Å². The van der Waals surface area contributed by atoms with E-state index in [2.05, 4.69) is 19.2 Å². The van der Waals surface area contributed by atoms with Gasteiger partial charge in [0, 0.05) is 13.1 Å². The second kappa shape index (κ2) is 7.25. The van der Waals surface area contributed by atoms with Crippen LogP contribution in [0.25, 0.3) is 0 Å². The van der Waals surface area contributed by atoms with Gasteiger partial charge < -0.3 is 15.2 Å².